The Morgan fingerprint density at radius 1 is 1.18 bits per heavy atom. The van der Waals surface area contributed by atoms with Gasteiger partial charge in [-0.3, -0.25) is 9.79 Å². The number of sulfone groups is 1. The van der Waals surface area contributed by atoms with Crippen molar-refractivity contribution in [1.29, 1.82) is 0 Å². The maximum atomic E-state index is 12.2. The number of hydrogen-bond acceptors (Lipinski definition) is 6. The fourth-order valence-corrected chi connectivity index (χ4v) is 6.67. The SMILES string of the molecule is CC(=O)c1cccc(N2C(SCc3cccc(C)c3)=NC3CS(=O)(=O)CC32)c1. The Hall–Kier alpha value is -2.12. The van der Waals surface area contributed by atoms with Crippen molar-refractivity contribution in [3.05, 3.63) is 65.2 Å². The molecule has 2 atom stereocenters. The smallest absolute Gasteiger partial charge is 0.164 e. The first-order valence-electron chi connectivity index (χ1n) is 9.19. The molecule has 2 aromatic rings. The van der Waals surface area contributed by atoms with E-state index in [2.05, 4.69) is 25.1 Å². The second-order valence-electron chi connectivity index (χ2n) is 7.38. The molecule has 0 N–H and O–H groups in total. The van der Waals surface area contributed by atoms with Crippen molar-refractivity contribution in [1.82, 2.24) is 0 Å². The molecule has 2 aromatic carbocycles. The number of thioether (sulfide) groups is 1. The minimum absolute atomic E-state index is 0.0115. The lowest BCUT2D eigenvalue weighted by Gasteiger charge is -2.27. The van der Waals surface area contributed by atoms with Gasteiger partial charge in [-0.2, -0.15) is 0 Å². The summed E-state index contributed by atoms with van der Waals surface area (Å²) >= 11 is 1.62. The zero-order valence-corrected chi connectivity index (χ0v) is 17.5. The number of benzene rings is 2. The molecule has 0 spiro atoms. The molecule has 0 aromatic heterocycles. The first-order valence-corrected chi connectivity index (χ1v) is 12.0. The Kier molecular flexibility index (Phi) is 5.05. The van der Waals surface area contributed by atoms with E-state index >= 15 is 0 Å². The molecule has 0 bridgehead atoms. The molecule has 7 heteroatoms. The highest BCUT2D eigenvalue weighted by atomic mass is 32.2. The summed E-state index contributed by atoms with van der Waals surface area (Å²) in [5.41, 5.74) is 3.85. The van der Waals surface area contributed by atoms with Crippen molar-refractivity contribution < 1.29 is 13.2 Å². The third kappa shape index (κ3) is 3.86. The van der Waals surface area contributed by atoms with Gasteiger partial charge >= 0.3 is 0 Å². The highest BCUT2D eigenvalue weighted by Gasteiger charge is 2.47. The van der Waals surface area contributed by atoms with E-state index in [1.54, 1.807) is 17.8 Å². The van der Waals surface area contributed by atoms with Gasteiger partial charge in [0.05, 0.1) is 23.6 Å². The van der Waals surface area contributed by atoms with Crippen LogP contribution in [0.25, 0.3) is 0 Å². The molecule has 2 aliphatic rings. The summed E-state index contributed by atoms with van der Waals surface area (Å²) in [4.78, 5) is 18.6. The van der Waals surface area contributed by atoms with Crippen molar-refractivity contribution in [3.63, 3.8) is 0 Å². The second-order valence-corrected chi connectivity index (χ2v) is 10.5. The summed E-state index contributed by atoms with van der Waals surface area (Å²) in [5.74, 6) is 0.938. The quantitative estimate of drug-likeness (QED) is 0.717. The van der Waals surface area contributed by atoms with Gasteiger partial charge in [-0.05, 0) is 31.5 Å². The minimum atomic E-state index is -3.09. The number of fused-ring (bicyclic) bond motifs is 1. The third-order valence-electron chi connectivity index (χ3n) is 5.09. The molecule has 4 rings (SSSR count). The summed E-state index contributed by atoms with van der Waals surface area (Å²) < 4.78 is 24.3. The number of hydrogen-bond donors (Lipinski definition) is 0. The van der Waals surface area contributed by atoms with Gasteiger partial charge in [-0.1, -0.05) is 53.7 Å². The zero-order valence-electron chi connectivity index (χ0n) is 15.8. The average molecular weight is 415 g/mol. The molecule has 2 aliphatic heterocycles. The summed E-state index contributed by atoms with van der Waals surface area (Å²) in [5, 5.41) is 0.826. The monoisotopic (exact) mass is 414 g/mol. The van der Waals surface area contributed by atoms with Crippen LogP contribution in [0.4, 0.5) is 5.69 Å². The second kappa shape index (κ2) is 7.37. The standard InChI is InChI=1S/C21H22N2O3S2/c1-14-5-3-6-16(9-14)11-27-21-22-19-12-28(25,26)13-20(19)23(21)18-8-4-7-17(10-18)15(2)24/h3-10,19-20H,11-13H2,1-2H3. The molecule has 0 aliphatic carbocycles. The summed E-state index contributed by atoms with van der Waals surface area (Å²) in [6.07, 6.45) is 0. The summed E-state index contributed by atoms with van der Waals surface area (Å²) in [6.45, 7) is 3.60. The Balaban J connectivity index is 1.65. The van der Waals surface area contributed by atoms with Crippen LogP contribution in [-0.4, -0.2) is 43.0 Å². The van der Waals surface area contributed by atoms with Gasteiger partial charge in [-0.25, -0.2) is 8.42 Å². The minimum Gasteiger partial charge on any atom is -0.315 e. The predicted octanol–water partition coefficient (Wildman–Crippen LogP) is 3.47. The number of carbonyl (C=O) groups excluding carboxylic acids is 1. The topological polar surface area (TPSA) is 66.8 Å². The molecule has 0 amide bonds. The molecule has 0 saturated carbocycles. The lowest BCUT2D eigenvalue weighted by atomic mass is 10.1. The van der Waals surface area contributed by atoms with Crippen LogP contribution in [0.1, 0.15) is 28.4 Å². The fourth-order valence-electron chi connectivity index (χ4n) is 3.76. The van der Waals surface area contributed by atoms with E-state index in [0.717, 1.165) is 16.6 Å². The van der Waals surface area contributed by atoms with Crippen LogP contribution in [0, 0.1) is 6.92 Å². The van der Waals surface area contributed by atoms with Gasteiger partial charge in [0, 0.05) is 17.0 Å². The van der Waals surface area contributed by atoms with Crippen molar-refractivity contribution in [2.24, 2.45) is 4.99 Å². The van der Waals surface area contributed by atoms with E-state index in [0.29, 0.717) is 5.56 Å². The molecule has 5 nitrogen and oxygen atoms in total. The summed E-state index contributed by atoms with van der Waals surface area (Å²) in [7, 11) is -3.09. The molecule has 0 radical (unpaired) electrons. The first kappa shape index (κ1) is 19.2. The molecule has 1 saturated heterocycles. The fraction of sp³-hybridized carbons (Fsp3) is 0.333. The Labute approximate surface area is 169 Å². The molecular weight excluding hydrogens is 392 g/mol. The zero-order chi connectivity index (χ0) is 19.9. The van der Waals surface area contributed by atoms with Crippen LogP contribution in [0.5, 0.6) is 0 Å². The number of nitrogens with zero attached hydrogens (tertiary/aromatic N) is 2. The Bertz CT molecular complexity index is 1060. The van der Waals surface area contributed by atoms with Crippen LogP contribution in [0.3, 0.4) is 0 Å². The Morgan fingerprint density at radius 3 is 2.71 bits per heavy atom. The van der Waals surface area contributed by atoms with E-state index in [1.165, 1.54) is 18.1 Å². The summed E-state index contributed by atoms with van der Waals surface area (Å²) in [6, 6.07) is 15.3. The van der Waals surface area contributed by atoms with E-state index in [4.69, 9.17) is 4.99 Å². The normalized spacial score (nSPS) is 22.8. The molecule has 2 heterocycles. The van der Waals surface area contributed by atoms with Gasteiger partial charge < -0.3 is 4.90 Å². The van der Waals surface area contributed by atoms with Crippen LogP contribution in [0.2, 0.25) is 0 Å². The molecule has 28 heavy (non-hydrogen) atoms. The number of rotatable bonds is 4. The van der Waals surface area contributed by atoms with E-state index in [1.807, 2.05) is 29.2 Å². The van der Waals surface area contributed by atoms with Gasteiger partial charge in [0.25, 0.3) is 0 Å². The van der Waals surface area contributed by atoms with Crippen molar-refractivity contribution in [3.8, 4) is 0 Å². The Morgan fingerprint density at radius 2 is 1.96 bits per heavy atom. The number of amidine groups is 1. The average Bonchev–Trinajstić information content (AvgIpc) is 3.11. The van der Waals surface area contributed by atoms with Crippen molar-refractivity contribution in [2.45, 2.75) is 31.7 Å². The number of aliphatic imine (C=N–C) groups is 1. The number of carbonyl (C=O) groups is 1. The molecule has 1 fully saturated rings. The number of aryl methyl sites for hydroxylation is 1. The predicted molar refractivity (Wildman–Crippen MR) is 115 cm³/mol. The number of ketones is 1. The lowest BCUT2D eigenvalue weighted by molar-refractivity contribution is 0.101. The lowest BCUT2D eigenvalue weighted by Crippen LogP contribution is -2.39. The van der Waals surface area contributed by atoms with Crippen LogP contribution >= 0.6 is 11.8 Å². The van der Waals surface area contributed by atoms with Gasteiger partial charge in [0.15, 0.2) is 20.8 Å². The van der Waals surface area contributed by atoms with Gasteiger partial charge in [0.1, 0.15) is 0 Å². The molecule has 146 valence electrons. The van der Waals surface area contributed by atoms with Gasteiger partial charge in [0.2, 0.25) is 0 Å². The van der Waals surface area contributed by atoms with Crippen LogP contribution in [0.15, 0.2) is 53.5 Å². The molecular formula is C21H22N2O3S2. The number of Topliss-reactive ketones (excluding diaryl/α,β-unsaturated/α-hetero) is 1. The molecule has 2 unspecified atom stereocenters. The van der Waals surface area contributed by atoms with Crippen LogP contribution in [-0.2, 0) is 15.6 Å². The van der Waals surface area contributed by atoms with E-state index in [9.17, 15) is 13.2 Å². The highest BCUT2D eigenvalue weighted by Crippen LogP contribution is 2.36. The number of anilines is 1. The largest absolute Gasteiger partial charge is 0.315 e. The van der Waals surface area contributed by atoms with E-state index in [-0.39, 0.29) is 29.4 Å². The van der Waals surface area contributed by atoms with Gasteiger partial charge in [-0.15, -0.1) is 0 Å². The van der Waals surface area contributed by atoms with Crippen molar-refractivity contribution in [2.75, 3.05) is 16.4 Å². The first-order chi connectivity index (χ1) is 13.3. The van der Waals surface area contributed by atoms with Crippen molar-refractivity contribution >= 4 is 38.2 Å². The maximum Gasteiger partial charge on any atom is 0.164 e. The maximum absolute atomic E-state index is 12.2. The van der Waals surface area contributed by atoms with Crippen LogP contribution < -0.4 is 4.90 Å². The highest BCUT2D eigenvalue weighted by molar-refractivity contribution is 8.13. The third-order valence-corrected chi connectivity index (χ3v) is 7.83. The van der Waals surface area contributed by atoms with E-state index < -0.39 is 9.84 Å².